The summed E-state index contributed by atoms with van der Waals surface area (Å²) >= 11 is 19.8. The van der Waals surface area contributed by atoms with Crippen molar-refractivity contribution in [3.63, 3.8) is 0 Å². The zero-order valence-electron chi connectivity index (χ0n) is 11.2. The quantitative estimate of drug-likeness (QED) is 0.773. The highest BCUT2D eigenvalue weighted by Gasteiger charge is 2.51. The van der Waals surface area contributed by atoms with E-state index in [-0.39, 0.29) is 5.25 Å². The van der Waals surface area contributed by atoms with Crippen LogP contribution in [0.5, 0.6) is 0 Å². The van der Waals surface area contributed by atoms with Crippen LogP contribution in [0.2, 0.25) is 15.1 Å². The number of fused-ring (bicyclic) bond motifs is 3. The predicted octanol–water partition coefficient (Wildman–Crippen LogP) is 4.91. The first kappa shape index (κ1) is 14.9. The van der Waals surface area contributed by atoms with Crippen LogP contribution in [0.15, 0.2) is 41.4 Å². The SMILES string of the molecule is OC12N=C(c3ccc(Cl)cc3Cl)SC1Cc1cc(Cl)ccc12. The fourth-order valence-electron chi connectivity index (χ4n) is 2.96. The minimum absolute atomic E-state index is 0.0530. The molecule has 0 saturated heterocycles. The minimum Gasteiger partial charge on any atom is -0.365 e. The van der Waals surface area contributed by atoms with Gasteiger partial charge in [-0.2, -0.15) is 0 Å². The number of rotatable bonds is 1. The Hall–Kier alpha value is -0.710. The van der Waals surface area contributed by atoms with Gasteiger partial charge in [0.1, 0.15) is 5.04 Å². The molecule has 2 aromatic carbocycles. The Kier molecular flexibility index (Phi) is 3.48. The van der Waals surface area contributed by atoms with Crippen LogP contribution in [0.25, 0.3) is 0 Å². The molecule has 2 atom stereocenters. The molecule has 1 N–H and O–H groups in total. The zero-order valence-corrected chi connectivity index (χ0v) is 14.3. The van der Waals surface area contributed by atoms with Crippen molar-refractivity contribution < 1.29 is 5.11 Å². The maximum absolute atomic E-state index is 11.0. The molecule has 22 heavy (non-hydrogen) atoms. The van der Waals surface area contributed by atoms with Crippen molar-refractivity contribution in [2.24, 2.45) is 4.99 Å². The number of hydrogen-bond donors (Lipinski definition) is 1. The lowest BCUT2D eigenvalue weighted by Crippen LogP contribution is -2.27. The van der Waals surface area contributed by atoms with Crippen LogP contribution in [0.4, 0.5) is 0 Å². The molecule has 2 unspecified atom stereocenters. The van der Waals surface area contributed by atoms with Gasteiger partial charge in [-0.3, -0.25) is 0 Å². The Morgan fingerprint density at radius 3 is 2.59 bits per heavy atom. The Morgan fingerprint density at radius 2 is 1.82 bits per heavy atom. The van der Waals surface area contributed by atoms with Gasteiger partial charge in [0, 0.05) is 21.2 Å². The summed E-state index contributed by atoms with van der Waals surface area (Å²) in [6.07, 6.45) is 0.731. The van der Waals surface area contributed by atoms with Gasteiger partial charge in [-0.05, 0) is 42.3 Å². The van der Waals surface area contributed by atoms with Crippen molar-refractivity contribution in [1.29, 1.82) is 0 Å². The third kappa shape index (κ3) is 2.19. The molecule has 112 valence electrons. The molecule has 0 amide bonds. The summed E-state index contributed by atoms with van der Waals surface area (Å²) in [4.78, 5) is 4.58. The van der Waals surface area contributed by atoms with Gasteiger partial charge < -0.3 is 5.11 Å². The summed E-state index contributed by atoms with van der Waals surface area (Å²) in [5, 5.41) is 13.5. The largest absolute Gasteiger partial charge is 0.365 e. The lowest BCUT2D eigenvalue weighted by Gasteiger charge is -2.19. The van der Waals surface area contributed by atoms with Crippen LogP contribution in [0, 0.1) is 0 Å². The molecule has 0 saturated carbocycles. The monoisotopic (exact) mass is 369 g/mol. The highest BCUT2D eigenvalue weighted by Crippen LogP contribution is 2.51. The molecule has 1 aliphatic heterocycles. The van der Waals surface area contributed by atoms with Crippen LogP contribution >= 0.6 is 46.6 Å². The Balaban J connectivity index is 1.80. The van der Waals surface area contributed by atoms with Crippen molar-refractivity contribution >= 4 is 51.6 Å². The van der Waals surface area contributed by atoms with E-state index in [4.69, 9.17) is 34.8 Å². The van der Waals surface area contributed by atoms with Gasteiger partial charge in [0.2, 0.25) is 0 Å². The molecule has 1 aliphatic carbocycles. The van der Waals surface area contributed by atoms with Crippen molar-refractivity contribution in [2.45, 2.75) is 17.4 Å². The van der Waals surface area contributed by atoms with Crippen molar-refractivity contribution in [3.8, 4) is 0 Å². The Labute approximate surface area is 147 Å². The van der Waals surface area contributed by atoms with Crippen LogP contribution in [0.1, 0.15) is 16.7 Å². The molecular weight excluding hydrogens is 361 g/mol. The lowest BCUT2D eigenvalue weighted by atomic mass is 10.1. The topological polar surface area (TPSA) is 32.6 Å². The first-order valence-electron chi connectivity index (χ1n) is 6.70. The average Bonchev–Trinajstić information content (AvgIpc) is 2.88. The summed E-state index contributed by atoms with van der Waals surface area (Å²) in [5.74, 6) is 0. The molecule has 0 radical (unpaired) electrons. The molecular formula is C16H10Cl3NOS. The molecule has 1 heterocycles. The second-order valence-corrected chi connectivity index (χ2v) is 7.85. The molecule has 0 bridgehead atoms. The number of aliphatic hydroxyl groups is 1. The molecule has 0 spiro atoms. The van der Waals surface area contributed by atoms with Crippen LogP contribution in [-0.2, 0) is 12.1 Å². The normalized spacial score (nSPS) is 25.8. The Morgan fingerprint density at radius 1 is 1.09 bits per heavy atom. The van der Waals surface area contributed by atoms with Gasteiger partial charge in [-0.1, -0.05) is 52.6 Å². The van der Waals surface area contributed by atoms with E-state index in [9.17, 15) is 5.11 Å². The fourth-order valence-corrected chi connectivity index (χ4v) is 5.09. The van der Waals surface area contributed by atoms with Gasteiger partial charge in [-0.25, -0.2) is 4.99 Å². The van der Waals surface area contributed by atoms with Gasteiger partial charge in [0.15, 0.2) is 5.72 Å². The van der Waals surface area contributed by atoms with E-state index in [1.807, 2.05) is 18.2 Å². The second-order valence-electron chi connectivity index (χ2n) is 5.38. The molecule has 2 aliphatic rings. The van der Waals surface area contributed by atoms with E-state index in [1.54, 1.807) is 30.0 Å². The summed E-state index contributed by atoms with van der Waals surface area (Å²) in [7, 11) is 0. The molecule has 0 fully saturated rings. The molecule has 0 aromatic heterocycles. The van der Waals surface area contributed by atoms with Crippen molar-refractivity contribution in [1.82, 2.24) is 0 Å². The van der Waals surface area contributed by atoms with Crippen molar-refractivity contribution in [2.75, 3.05) is 0 Å². The zero-order chi connectivity index (χ0) is 15.5. The summed E-state index contributed by atoms with van der Waals surface area (Å²) in [5.41, 5.74) is 1.48. The lowest BCUT2D eigenvalue weighted by molar-refractivity contribution is 0.0581. The van der Waals surface area contributed by atoms with Crippen LogP contribution in [-0.4, -0.2) is 15.4 Å². The van der Waals surface area contributed by atoms with Gasteiger partial charge in [-0.15, -0.1) is 0 Å². The molecule has 6 heteroatoms. The number of nitrogens with zero attached hydrogens (tertiary/aromatic N) is 1. The molecule has 4 rings (SSSR count). The van der Waals surface area contributed by atoms with Gasteiger partial charge >= 0.3 is 0 Å². The number of halogens is 3. The number of thioether (sulfide) groups is 1. The highest BCUT2D eigenvalue weighted by atomic mass is 35.5. The average molecular weight is 371 g/mol. The van der Waals surface area contributed by atoms with Gasteiger partial charge in [0.05, 0.1) is 10.3 Å². The van der Waals surface area contributed by atoms with E-state index in [2.05, 4.69) is 4.99 Å². The smallest absolute Gasteiger partial charge is 0.196 e. The third-order valence-electron chi connectivity index (χ3n) is 4.01. The fraction of sp³-hybridized carbons (Fsp3) is 0.188. The first-order chi connectivity index (χ1) is 10.5. The number of benzene rings is 2. The second kappa shape index (κ2) is 5.15. The summed E-state index contributed by atoms with van der Waals surface area (Å²) in [6.45, 7) is 0. The Bertz CT molecular complexity index is 823. The van der Waals surface area contributed by atoms with Crippen LogP contribution < -0.4 is 0 Å². The number of aliphatic imine (C=N–C) groups is 1. The van der Waals surface area contributed by atoms with Crippen molar-refractivity contribution in [3.05, 3.63) is 68.2 Å². The maximum atomic E-state index is 11.0. The third-order valence-corrected chi connectivity index (χ3v) is 6.10. The van der Waals surface area contributed by atoms with E-state index < -0.39 is 5.72 Å². The van der Waals surface area contributed by atoms with E-state index in [1.165, 1.54) is 0 Å². The van der Waals surface area contributed by atoms with Crippen LogP contribution in [0.3, 0.4) is 0 Å². The standard InChI is InChI=1S/C16H10Cl3NOS/c17-9-2-4-12-8(5-9)6-14-16(12,21)20-15(22-14)11-3-1-10(18)7-13(11)19/h1-5,7,14,21H,6H2. The van der Waals surface area contributed by atoms with E-state index in [0.717, 1.165) is 28.2 Å². The molecule has 2 aromatic rings. The highest BCUT2D eigenvalue weighted by molar-refractivity contribution is 8.15. The van der Waals surface area contributed by atoms with E-state index in [0.29, 0.717) is 15.1 Å². The summed E-state index contributed by atoms with van der Waals surface area (Å²) < 4.78 is 0. The maximum Gasteiger partial charge on any atom is 0.196 e. The predicted molar refractivity (Wildman–Crippen MR) is 93.4 cm³/mol. The summed E-state index contributed by atoms with van der Waals surface area (Å²) in [6, 6.07) is 10.8. The first-order valence-corrected chi connectivity index (χ1v) is 8.72. The van der Waals surface area contributed by atoms with E-state index >= 15 is 0 Å². The van der Waals surface area contributed by atoms with Gasteiger partial charge in [0.25, 0.3) is 0 Å². The number of hydrogen-bond acceptors (Lipinski definition) is 3. The minimum atomic E-state index is -1.21. The molecule has 2 nitrogen and oxygen atoms in total.